The van der Waals surface area contributed by atoms with E-state index >= 15 is 0 Å². The van der Waals surface area contributed by atoms with Crippen molar-refractivity contribution in [2.45, 2.75) is 44.6 Å². The van der Waals surface area contributed by atoms with E-state index in [1.165, 1.54) is 31.4 Å². The molecule has 2 N–H and O–H groups in total. The molecule has 0 spiro atoms. The zero-order valence-corrected chi connectivity index (χ0v) is 9.88. The summed E-state index contributed by atoms with van der Waals surface area (Å²) in [6.45, 7) is 2.24. The van der Waals surface area contributed by atoms with Crippen LogP contribution in [0.5, 0.6) is 0 Å². The van der Waals surface area contributed by atoms with E-state index in [1.54, 1.807) is 0 Å². The second kappa shape index (κ2) is 4.54. The first-order chi connectivity index (χ1) is 7.64. The summed E-state index contributed by atoms with van der Waals surface area (Å²) in [4.78, 5) is 0. The monoisotopic (exact) mass is 221 g/mol. The van der Waals surface area contributed by atoms with Crippen molar-refractivity contribution in [2.75, 3.05) is 0 Å². The zero-order chi connectivity index (χ0) is 11.6. The van der Waals surface area contributed by atoms with E-state index in [2.05, 4.69) is 6.92 Å². The van der Waals surface area contributed by atoms with Crippen LogP contribution in [0.2, 0.25) is 0 Å². The normalized spacial score (nSPS) is 30.3. The third-order valence-electron chi connectivity index (χ3n) is 3.99. The molecule has 88 valence electrons. The fourth-order valence-electron chi connectivity index (χ4n) is 2.67. The molecule has 0 aliphatic heterocycles. The molecule has 1 saturated carbocycles. The molecule has 1 aromatic rings. The molecule has 16 heavy (non-hydrogen) atoms. The van der Waals surface area contributed by atoms with Crippen LogP contribution in [0, 0.1) is 11.7 Å². The molecule has 0 atom stereocenters. The van der Waals surface area contributed by atoms with E-state index in [0.29, 0.717) is 0 Å². The minimum Gasteiger partial charge on any atom is -0.321 e. The predicted octanol–water partition coefficient (Wildman–Crippen LogP) is 3.58. The Bertz CT molecular complexity index is 336. The van der Waals surface area contributed by atoms with Crippen molar-refractivity contribution in [1.29, 1.82) is 0 Å². The van der Waals surface area contributed by atoms with Crippen LogP contribution < -0.4 is 5.73 Å². The lowest BCUT2D eigenvalue weighted by atomic mass is 9.73. The molecular weight excluding hydrogens is 201 g/mol. The summed E-state index contributed by atoms with van der Waals surface area (Å²) in [7, 11) is 0. The smallest absolute Gasteiger partial charge is 0.123 e. The Morgan fingerprint density at radius 3 is 2.31 bits per heavy atom. The van der Waals surface area contributed by atoms with Crippen molar-refractivity contribution >= 4 is 0 Å². The molecule has 0 bridgehead atoms. The van der Waals surface area contributed by atoms with Crippen LogP contribution >= 0.6 is 0 Å². The fourth-order valence-corrected chi connectivity index (χ4v) is 2.67. The van der Waals surface area contributed by atoms with Gasteiger partial charge in [0.05, 0.1) is 0 Å². The number of hydrogen-bond donors (Lipinski definition) is 1. The molecule has 0 saturated heterocycles. The van der Waals surface area contributed by atoms with E-state index in [4.69, 9.17) is 5.73 Å². The minimum atomic E-state index is -0.223. The van der Waals surface area contributed by atoms with Gasteiger partial charge >= 0.3 is 0 Å². The van der Waals surface area contributed by atoms with Crippen molar-refractivity contribution in [3.8, 4) is 0 Å². The number of hydrogen-bond acceptors (Lipinski definition) is 1. The lowest BCUT2D eigenvalue weighted by Gasteiger charge is -2.37. The van der Waals surface area contributed by atoms with Gasteiger partial charge in [0.1, 0.15) is 5.82 Å². The van der Waals surface area contributed by atoms with Crippen LogP contribution in [-0.4, -0.2) is 0 Å². The first kappa shape index (κ1) is 11.6. The average molecular weight is 221 g/mol. The Morgan fingerprint density at radius 1 is 1.25 bits per heavy atom. The first-order valence-electron chi connectivity index (χ1n) is 6.19. The number of rotatable bonds is 2. The Labute approximate surface area is 96.9 Å². The quantitative estimate of drug-likeness (QED) is 0.811. The number of benzene rings is 1. The predicted molar refractivity (Wildman–Crippen MR) is 64.5 cm³/mol. The summed E-state index contributed by atoms with van der Waals surface area (Å²) >= 11 is 0. The molecule has 1 nitrogen and oxygen atoms in total. The molecule has 0 amide bonds. The highest BCUT2D eigenvalue weighted by molar-refractivity contribution is 5.25. The molecule has 1 aromatic carbocycles. The number of nitrogens with two attached hydrogens (primary N) is 1. The molecular formula is C14H20FN. The summed E-state index contributed by atoms with van der Waals surface area (Å²) in [6, 6.07) is 6.69. The van der Waals surface area contributed by atoms with Crippen LogP contribution in [0.15, 0.2) is 24.3 Å². The molecule has 1 aliphatic rings. The van der Waals surface area contributed by atoms with Crippen molar-refractivity contribution in [3.05, 3.63) is 35.6 Å². The van der Waals surface area contributed by atoms with E-state index in [-0.39, 0.29) is 11.4 Å². The van der Waals surface area contributed by atoms with Gasteiger partial charge in [0.25, 0.3) is 0 Å². The Balaban J connectivity index is 2.11. The van der Waals surface area contributed by atoms with Gasteiger partial charge in [-0.05, 0) is 49.3 Å². The molecule has 0 heterocycles. The topological polar surface area (TPSA) is 26.0 Å². The van der Waals surface area contributed by atoms with E-state index in [0.717, 1.165) is 24.3 Å². The van der Waals surface area contributed by atoms with Gasteiger partial charge in [0.2, 0.25) is 0 Å². The summed E-state index contributed by atoms with van der Waals surface area (Å²) in [5.74, 6) is 0.645. The zero-order valence-electron chi connectivity index (χ0n) is 9.88. The summed E-state index contributed by atoms with van der Waals surface area (Å²) < 4.78 is 12.9. The lowest BCUT2D eigenvalue weighted by Crippen LogP contribution is -2.40. The van der Waals surface area contributed by atoms with Crippen molar-refractivity contribution < 1.29 is 4.39 Å². The highest BCUT2D eigenvalue weighted by atomic mass is 19.1. The van der Waals surface area contributed by atoms with Crippen molar-refractivity contribution in [2.24, 2.45) is 11.7 Å². The van der Waals surface area contributed by atoms with Crippen LogP contribution in [0.1, 0.15) is 44.6 Å². The molecule has 0 aromatic heterocycles. The van der Waals surface area contributed by atoms with E-state index in [9.17, 15) is 4.39 Å². The molecule has 2 rings (SSSR count). The van der Waals surface area contributed by atoms with Gasteiger partial charge in [0, 0.05) is 5.54 Å². The van der Waals surface area contributed by atoms with Gasteiger partial charge in [-0.15, -0.1) is 0 Å². The SMILES string of the molecule is CCC1CCC(N)(c2ccc(F)cc2)CC1. The third-order valence-corrected chi connectivity index (χ3v) is 3.99. The molecule has 1 aliphatic carbocycles. The summed E-state index contributed by atoms with van der Waals surface area (Å²) in [6.07, 6.45) is 5.70. The van der Waals surface area contributed by atoms with Gasteiger partial charge in [0.15, 0.2) is 0 Å². The van der Waals surface area contributed by atoms with Crippen LogP contribution in [-0.2, 0) is 5.54 Å². The van der Waals surface area contributed by atoms with Gasteiger partial charge in [-0.2, -0.15) is 0 Å². The fraction of sp³-hybridized carbons (Fsp3) is 0.571. The minimum absolute atomic E-state index is 0.186. The highest BCUT2D eigenvalue weighted by Gasteiger charge is 2.32. The maximum Gasteiger partial charge on any atom is 0.123 e. The second-order valence-corrected chi connectivity index (χ2v) is 5.01. The molecule has 0 radical (unpaired) electrons. The first-order valence-corrected chi connectivity index (χ1v) is 6.19. The maximum absolute atomic E-state index is 12.9. The van der Waals surface area contributed by atoms with Crippen LogP contribution in [0.25, 0.3) is 0 Å². The Hall–Kier alpha value is -0.890. The summed E-state index contributed by atoms with van der Waals surface area (Å²) in [5, 5.41) is 0. The average Bonchev–Trinajstić information content (AvgIpc) is 2.31. The van der Waals surface area contributed by atoms with Crippen molar-refractivity contribution in [3.63, 3.8) is 0 Å². The van der Waals surface area contributed by atoms with E-state index in [1.807, 2.05) is 12.1 Å². The Kier molecular flexibility index (Phi) is 3.29. The standard InChI is InChI=1S/C14H20FN/c1-2-11-7-9-14(16,10-8-11)12-3-5-13(15)6-4-12/h3-6,11H,2,7-10,16H2,1H3. The highest BCUT2D eigenvalue weighted by Crippen LogP contribution is 2.38. The van der Waals surface area contributed by atoms with Gasteiger partial charge in [-0.3, -0.25) is 0 Å². The van der Waals surface area contributed by atoms with E-state index < -0.39 is 0 Å². The molecule has 0 unspecified atom stereocenters. The van der Waals surface area contributed by atoms with Crippen LogP contribution in [0.4, 0.5) is 4.39 Å². The van der Waals surface area contributed by atoms with Crippen LogP contribution in [0.3, 0.4) is 0 Å². The second-order valence-electron chi connectivity index (χ2n) is 5.01. The van der Waals surface area contributed by atoms with Gasteiger partial charge in [-0.25, -0.2) is 4.39 Å². The van der Waals surface area contributed by atoms with Crippen molar-refractivity contribution in [1.82, 2.24) is 0 Å². The molecule has 2 heteroatoms. The molecule has 1 fully saturated rings. The number of halogens is 1. The lowest BCUT2D eigenvalue weighted by molar-refractivity contribution is 0.231. The third kappa shape index (κ3) is 2.27. The maximum atomic E-state index is 12.9. The summed E-state index contributed by atoms with van der Waals surface area (Å²) in [5.41, 5.74) is 7.29. The van der Waals surface area contributed by atoms with Gasteiger partial charge < -0.3 is 5.73 Å². The van der Waals surface area contributed by atoms with Gasteiger partial charge in [-0.1, -0.05) is 25.5 Å². The largest absolute Gasteiger partial charge is 0.321 e. The Morgan fingerprint density at radius 2 is 1.81 bits per heavy atom.